The molecule has 0 aliphatic carbocycles. The van der Waals surface area contributed by atoms with Gasteiger partial charge in [-0.2, -0.15) is 0 Å². The molecule has 0 saturated carbocycles. The summed E-state index contributed by atoms with van der Waals surface area (Å²) in [5, 5.41) is 0. The van der Waals surface area contributed by atoms with E-state index in [-0.39, 0.29) is 23.2 Å². The largest absolute Gasteiger partial charge is 0.459 e. The van der Waals surface area contributed by atoms with Crippen molar-refractivity contribution in [2.45, 2.75) is 23.8 Å². The number of ether oxygens (including phenoxy) is 2. The molecule has 1 aromatic rings. The van der Waals surface area contributed by atoms with Crippen LogP contribution in [0.15, 0.2) is 27.6 Å². The Labute approximate surface area is 129 Å². The second-order valence-corrected chi connectivity index (χ2v) is 7.73. The first-order chi connectivity index (χ1) is 9.38. The first-order valence-electron chi connectivity index (χ1n) is 5.91. The van der Waals surface area contributed by atoms with Crippen LogP contribution in [0.3, 0.4) is 0 Å². The molecule has 0 N–H and O–H groups in total. The Morgan fingerprint density at radius 3 is 2.85 bits per heavy atom. The van der Waals surface area contributed by atoms with E-state index >= 15 is 0 Å². The highest BCUT2D eigenvalue weighted by Gasteiger charge is 2.21. The molecule has 0 radical (unpaired) electrons. The van der Waals surface area contributed by atoms with Crippen LogP contribution in [0.2, 0.25) is 0 Å². The van der Waals surface area contributed by atoms with Gasteiger partial charge < -0.3 is 9.47 Å². The number of carbonyl (C=O) groups excluding carboxylic acids is 1. The summed E-state index contributed by atoms with van der Waals surface area (Å²) in [5.74, 6) is -0.616. The maximum atomic E-state index is 12.0. The van der Waals surface area contributed by atoms with Gasteiger partial charge in [0.25, 0.3) is 9.05 Å². The van der Waals surface area contributed by atoms with Gasteiger partial charge in [0, 0.05) is 21.8 Å². The number of hydrogen-bond donors (Lipinski definition) is 0. The molecular formula is C12H12BrClO5S. The maximum absolute atomic E-state index is 12.0. The van der Waals surface area contributed by atoms with E-state index in [2.05, 4.69) is 15.9 Å². The highest BCUT2D eigenvalue weighted by Crippen LogP contribution is 2.24. The second kappa shape index (κ2) is 6.43. The van der Waals surface area contributed by atoms with Crippen LogP contribution in [0, 0.1) is 0 Å². The van der Waals surface area contributed by atoms with Crippen LogP contribution in [0.25, 0.3) is 0 Å². The number of carbonyl (C=O) groups is 1. The molecule has 1 fully saturated rings. The maximum Gasteiger partial charge on any atom is 0.339 e. The summed E-state index contributed by atoms with van der Waals surface area (Å²) in [5.41, 5.74) is 0.115. The van der Waals surface area contributed by atoms with Gasteiger partial charge in [-0.05, 0) is 47.0 Å². The van der Waals surface area contributed by atoms with E-state index in [1.165, 1.54) is 18.2 Å². The van der Waals surface area contributed by atoms with Crippen LogP contribution in [0.5, 0.6) is 0 Å². The van der Waals surface area contributed by atoms with Gasteiger partial charge in [-0.3, -0.25) is 0 Å². The lowest BCUT2D eigenvalue weighted by Gasteiger charge is -2.11. The molecule has 1 saturated heterocycles. The van der Waals surface area contributed by atoms with Crippen molar-refractivity contribution in [3.63, 3.8) is 0 Å². The summed E-state index contributed by atoms with van der Waals surface area (Å²) in [4.78, 5) is 11.8. The Kier molecular flexibility index (Phi) is 5.06. The van der Waals surface area contributed by atoms with Crippen molar-refractivity contribution in [2.75, 3.05) is 13.2 Å². The average molecular weight is 384 g/mol. The molecule has 0 spiro atoms. The van der Waals surface area contributed by atoms with E-state index in [1.807, 2.05) is 0 Å². The fourth-order valence-corrected chi connectivity index (χ4v) is 3.02. The standard InChI is InChI=1S/C12H12BrClO5S/c13-11-4-3-9(20(14,16)17)6-10(11)12(15)19-7-8-2-1-5-18-8/h3-4,6,8H,1-2,5,7H2. The third-order valence-electron chi connectivity index (χ3n) is 2.86. The van der Waals surface area contributed by atoms with E-state index in [9.17, 15) is 13.2 Å². The zero-order valence-corrected chi connectivity index (χ0v) is 13.5. The van der Waals surface area contributed by atoms with Crippen LogP contribution < -0.4 is 0 Å². The Bertz CT molecular complexity index is 610. The normalized spacial score (nSPS) is 19.0. The minimum atomic E-state index is -3.89. The van der Waals surface area contributed by atoms with Crippen molar-refractivity contribution in [2.24, 2.45) is 0 Å². The lowest BCUT2D eigenvalue weighted by atomic mass is 10.2. The van der Waals surface area contributed by atoms with Crippen LogP contribution in [0.4, 0.5) is 0 Å². The summed E-state index contributed by atoms with van der Waals surface area (Å²) in [7, 11) is 1.37. The van der Waals surface area contributed by atoms with Crippen molar-refractivity contribution >= 4 is 41.6 Å². The van der Waals surface area contributed by atoms with Gasteiger partial charge >= 0.3 is 5.97 Å². The molecule has 20 heavy (non-hydrogen) atoms. The number of halogens is 2. The van der Waals surface area contributed by atoms with Gasteiger partial charge in [0.1, 0.15) is 6.61 Å². The SMILES string of the molecule is O=C(OCC1CCCO1)c1cc(S(=O)(=O)Cl)ccc1Br. The van der Waals surface area contributed by atoms with Gasteiger partial charge in [0.2, 0.25) is 0 Å². The molecule has 5 nitrogen and oxygen atoms in total. The van der Waals surface area contributed by atoms with Crippen molar-refractivity contribution in [1.82, 2.24) is 0 Å². The Hall–Kier alpha value is -0.630. The molecule has 0 aromatic heterocycles. The Morgan fingerprint density at radius 1 is 1.50 bits per heavy atom. The van der Waals surface area contributed by atoms with Crippen LogP contribution in [-0.4, -0.2) is 33.7 Å². The van der Waals surface area contributed by atoms with Crippen LogP contribution in [-0.2, 0) is 18.5 Å². The summed E-state index contributed by atoms with van der Waals surface area (Å²) in [6.07, 6.45) is 1.72. The monoisotopic (exact) mass is 382 g/mol. The van der Waals surface area contributed by atoms with Crippen molar-refractivity contribution in [3.8, 4) is 0 Å². The van der Waals surface area contributed by atoms with Crippen LogP contribution >= 0.6 is 26.6 Å². The van der Waals surface area contributed by atoms with Gasteiger partial charge in [-0.15, -0.1) is 0 Å². The number of esters is 1. The van der Waals surface area contributed by atoms with Crippen LogP contribution in [0.1, 0.15) is 23.2 Å². The van der Waals surface area contributed by atoms with Crippen molar-refractivity contribution in [1.29, 1.82) is 0 Å². The second-order valence-electron chi connectivity index (χ2n) is 4.31. The molecule has 110 valence electrons. The summed E-state index contributed by atoms with van der Waals surface area (Å²) in [6.45, 7) is 0.828. The first-order valence-corrected chi connectivity index (χ1v) is 9.01. The number of hydrogen-bond acceptors (Lipinski definition) is 5. The molecule has 1 aromatic carbocycles. The minimum absolute atomic E-state index is 0.0855. The summed E-state index contributed by atoms with van der Waals surface area (Å²) < 4.78 is 33.4. The van der Waals surface area contributed by atoms with Gasteiger partial charge in [-0.25, -0.2) is 13.2 Å². The molecule has 1 aliphatic rings. The zero-order chi connectivity index (χ0) is 14.8. The molecule has 0 bridgehead atoms. The number of rotatable bonds is 4. The van der Waals surface area contributed by atoms with E-state index in [4.69, 9.17) is 20.2 Å². The summed E-state index contributed by atoms with van der Waals surface area (Å²) in [6, 6.07) is 3.94. The molecule has 8 heteroatoms. The third-order valence-corrected chi connectivity index (χ3v) is 4.91. The molecule has 1 aliphatic heterocycles. The lowest BCUT2D eigenvalue weighted by molar-refractivity contribution is 0.0160. The average Bonchev–Trinajstić information content (AvgIpc) is 2.88. The molecule has 0 amide bonds. The smallest absolute Gasteiger partial charge is 0.339 e. The third kappa shape index (κ3) is 3.94. The fourth-order valence-electron chi connectivity index (χ4n) is 1.83. The predicted molar refractivity (Wildman–Crippen MR) is 76.4 cm³/mol. The van der Waals surface area contributed by atoms with E-state index in [0.717, 1.165) is 12.8 Å². The van der Waals surface area contributed by atoms with Gasteiger partial charge in [-0.1, -0.05) is 0 Å². The van der Waals surface area contributed by atoms with Gasteiger partial charge in [0.05, 0.1) is 16.6 Å². The molecule has 1 unspecified atom stereocenters. The molecule has 1 heterocycles. The fraction of sp³-hybridized carbons (Fsp3) is 0.417. The predicted octanol–water partition coefficient (Wildman–Crippen LogP) is 2.71. The van der Waals surface area contributed by atoms with E-state index < -0.39 is 15.0 Å². The summed E-state index contributed by atoms with van der Waals surface area (Å²) >= 11 is 3.18. The topological polar surface area (TPSA) is 69.7 Å². The van der Waals surface area contributed by atoms with E-state index in [0.29, 0.717) is 11.1 Å². The Balaban J connectivity index is 2.12. The minimum Gasteiger partial charge on any atom is -0.459 e. The molecule has 1 atom stereocenters. The lowest BCUT2D eigenvalue weighted by Crippen LogP contribution is -2.18. The molecule has 2 rings (SSSR count). The highest BCUT2D eigenvalue weighted by molar-refractivity contribution is 9.10. The highest BCUT2D eigenvalue weighted by atomic mass is 79.9. The first kappa shape index (κ1) is 15.8. The molecular weight excluding hydrogens is 372 g/mol. The zero-order valence-electron chi connectivity index (χ0n) is 10.3. The quantitative estimate of drug-likeness (QED) is 0.590. The van der Waals surface area contributed by atoms with Crippen molar-refractivity contribution in [3.05, 3.63) is 28.2 Å². The van der Waals surface area contributed by atoms with E-state index in [1.54, 1.807) is 0 Å². The van der Waals surface area contributed by atoms with Crippen molar-refractivity contribution < 1.29 is 22.7 Å². The number of benzene rings is 1. The Morgan fingerprint density at radius 2 is 2.25 bits per heavy atom. The van der Waals surface area contributed by atoms with Gasteiger partial charge in [0.15, 0.2) is 0 Å².